The van der Waals surface area contributed by atoms with Gasteiger partial charge in [-0.1, -0.05) is 12.1 Å². The molecule has 5 nitrogen and oxygen atoms in total. The van der Waals surface area contributed by atoms with Crippen LogP contribution in [-0.2, 0) is 4.74 Å². The molecule has 1 aromatic heterocycles. The highest BCUT2D eigenvalue weighted by Crippen LogP contribution is 2.17. The molecule has 1 amide bonds. The van der Waals surface area contributed by atoms with Gasteiger partial charge in [0.2, 0.25) is 0 Å². The number of fused-ring (bicyclic) bond motifs is 1. The van der Waals surface area contributed by atoms with Crippen LogP contribution in [-0.4, -0.2) is 67.1 Å². The van der Waals surface area contributed by atoms with E-state index in [4.69, 9.17) is 4.74 Å². The first-order chi connectivity index (χ1) is 10.6. The maximum Gasteiger partial charge on any atom is 0.270 e. The normalized spacial score (nSPS) is 16.1. The number of H-pyrrole nitrogens is 1. The van der Waals surface area contributed by atoms with E-state index in [9.17, 15) is 4.79 Å². The van der Waals surface area contributed by atoms with Gasteiger partial charge < -0.3 is 14.6 Å². The van der Waals surface area contributed by atoms with E-state index in [0.717, 1.165) is 50.3 Å². The van der Waals surface area contributed by atoms with Gasteiger partial charge in [-0.05, 0) is 24.6 Å². The Kier molecular flexibility index (Phi) is 4.45. The number of benzene rings is 1. The zero-order chi connectivity index (χ0) is 15.5. The first-order valence-electron chi connectivity index (χ1n) is 7.78. The number of nitrogens with zero attached hydrogens (tertiary/aromatic N) is 2. The van der Waals surface area contributed by atoms with E-state index in [2.05, 4.69) is 28.9 Å². The Labute approximate surface area is 130 Å². The third-order valence-corrected chi connectivity index (χ3v) is 4.21. The number of hydrogen-bond donors (Lipinski definition) is 1. The number of carbonyl (C=O) groups excluding carboxylic acids is 1. The molecule has 1 N–H and O–H groups in total. The van der Waals surface area contributed by atoms with Crippen molar-refractivity contribution in [3.63, 3.8) is 0 Å². The van der Waals surface area contributed by atoms with Crippen molar-refractivity contribution in [2.24, 2.45) is 0 Å². The highest BCUT2D eigenvalue weighted by atomic mass is 16.5. The Morgan fingerprint density at radius 1 is 1.32 bits per heavy atom. The molecule has 0 atom stereocenters. The molecule has 2 heterocycles. The summed E-state index contributed by atoms with van der Waals surface area (Å²) in [7, 11) is 1.86. The minimum atomic E-state index is 0.0436. The van der Waals surface area contributed by atoms with Gasteiger partial charge in [0.05, 0.1) is 13.2 Å². The Hall–Kier alpha value is -1.85. The number of morpholine rings is 1. The number of aryl methyl sites for hydroxylation is 1. The summed E-state index contributed by atoms with van der Waals surface area (Å²) in [6, 6.07) is 8.11. The molecule has 0 radical (unpaired) electrons. The molecule has 118 valence electrons. The molecule has 22 heavy (non-hydrogen) atoms. The zero-order valence-electron chi connectivity index (χ0n) is 13.3. The van der Waals surface area contributed by atoms with Crippen molar-refractivity contribution in [1.82, 2.24) is 14.8 Å². The fourth-order valence-electron chi connectivity index (χ4n) is 2.78. The van der Waals surface area contributed by atoms with E-state index in [1.165, 1.54) is 5.56 Å². The van der Waals surface area contributed by atoms with Crippen molar-refractivity contribution in [2.75, 3.05) is 46.4 Å². The monoisotopic (exact) mass is 301 g/mol. The Bertz CT molecular complexity index is 659. The van der Waals surface area contributed by atoms with Crippen LogP contribution in [0.5, 0.6) is 0 Å². The van der Waals surface area contributed by atoms with Gasteiger partial charge in [0.15, 0.2) is 0 Å². The number of likely N-dealkylation sites (N-methyl/N-ethyl adjacent to an activating group) is 1. The standard InChI is InChI=1S/C17H23N3O2/c1-13-3-4-14-12-16(18-15(14)11-13)17(21)19(2)5-6-20-7-9-22-10-8-20/h3-4,11-12,18H,5-10H2,1-2H3. The molecule has 3 rings (SSSR count). The van der Waals surface area contributed by atoms with Crippen LogP contribution in [0.2, 0.25) is 0 Å². The molecule has 0 spiro atoms. The first-order valence-corrected chi connectivity index (χ1v) is 7.78. The van der Waals surface area contributed by atoms with Crippen molar-refractivity contribution in [1.29, 1.82) is 0 Å². The summed E-state index contributed by atoms with van der Waals surface area (Å²) < 4.78 is 5.34. The number of ether oxygens (including phenoxy) is 1. The molecule has 0 unspecified atom stereocenters. The smallest absolute Gasteiger partial charge is 0.270 e. The van der Waals surface area contributed by atoms with Crippen LogP contribution < -0.4 is 0 Å². The molecule has 1 aliphatic rings. The summed E-state index contributed by atoms with van der Waals surface area (Å²) in [5.74, 6) is 0.0436. The predicted molar refractivity (Wildman–Crippen MR) is 87.3 cm³/mol. The van der Waals surface area contributed by atoms with Crippen molar-refractivity contribution in [2.45, 2.75) is 6.92 Å². The van der Waals surface area contributed by atoms with Crippen LogP contribution in [0.1, 0.15) is 16.1 Å². The highest BCUT2D eigenvalue weighted by Gasteiger charge is 2.16. The number of aromatic nitrogens is 1. The lowest BCUT2D eigenvalue weighted by atomic mass is 10.2. The summed E-state index contributed by atoms with van der Waals surface area (Å²) in [6.45, 7) is 7.16. The Balaban J connectivity index is 1.63. The Morgan fingerprint density at radius 2 is 2.09 bits per heavy atom. The maximum atomic E-state index is 12.5. The molecular formula is C17H23N3O2. The number of amides is 1. The van der Waals surface area contributed by atoms with Gasteiger partial charge in [-0.25, -0.2) is 0 Å². The van der Waals surface area contributed by atoms with E-state index in [1.807, 2.05) is 19.2 Å². The average Bonchev–Trinajstić information content (AvgIpc) is 2.95. The van der Waals surface area contributed by atoms with Gasteiger partial charge in [0.25, 0.3) is 5.91 Å². The summed E-state index contributed by atoms with van der Waals surface area (Å²) in [5, 5.41) is 1.08. The van der Waals surface area contributed by atoms with E-state index in [0.29, 0.717) is 5.69 Å². The second kappa shape index (κ2) is 6.50. The Morgan fingerprint density at radius 3 is 2.86 bits per heavy atom. The van der Waals surface area contributed by atoms with Crippen LogP contribution in [0, 0.1) is 6.92 Å². The molecule has 0 saturated carbocycles. The third-order valence-electron chi connectivity index (χ3n) is 4.21. The molecule has 1 aromatic carbocycles. The molecule has 0 aliphatic carbocycles. The van der Waals surface area contributed by atoms with Gasteiger partial charge in [0, 0.05) is 44.1 Å². The highest BCUT2D eigenvalue weighted by molar-refractivity contribution is 5.98. The van der Waals surface area contributed by atoms with E-state index >= 15 is 0 Å². The molecule has 1 saturated heterocycles. The van der Waals surface area contributed by atoms with Crippen molar-refractivity contribution >= 4 is 16.8 Å². The van der Waals surface area contributed by atoms with Crippen LogP contribution in [0.3, 0.4) is 0 Å². The van der Waals surface area contributed by atoms with Crippen molar-refractivity contribution < 1.29 is 9.53 Å². The lowest BCUT2D eigenvalue weighted by molar-refractivity contribution is 0.0338. The minimum absolute atomic E-state index is 0.0436. The van der Waals surface area contributed by atoms with E-state index in [1.54, 1.807) is 4.90 Å². The first kappa shape index (κ1) is 15.1. The van der Waals surface area contributed by atoms with Gasteiger partial charge in [-0.3, -0.25) is 9.69 Å². The summed E-state index contributed by atoms with van der Waals surface area (Å²) in [5.41, 5.74) is 2.86. The zero-order valence-corrected chi connectivity index (χ0v) is 13.3. The number of aromatic amines is 1. The van der Waals surface area contributed by atoms with Gasteiger partial charge >= 0.3 is 0 Å². The second-order valence-corrected chi connectivity index (χ2v) is 5.95. The molecule has 0 bridgehead atoms. The number of rotatable bonds is 4. The number of carbonyl (C=O) groups is 1. The lowest BCUT2D eigenvalue weighted by Crippen LogP contribution is -2.42. The lowest BCUT2D eigenvalue weighted by Gasteiger charge is -2.28. The summed E-state index contributed by atoms with van der Waals surface area (Å²) >= 11 is 0. The largest absolute Gasteiger partial charge is 0.379 e. The molecule has 1 aliphatic heterocycles. The second-order valence-electron chi connectivity index (χ2n) is 5.95. The van der Waals surface area contributed by atoms with Gasteiger partial charge in [-0.2, -0.15) is 0 Å². The molecule has 5 heteroatoms. The van der Waals surface area contributed by atoms with Crippen LogP contribution in [0.25, 0.3) is 10.9 Å². The van der Waals surface area contributed by atoms with E-state index < -0.39 is 0 Å². The number of nitrogens with one attached hydrogen (secondary N) is 1. The molecule has 1 fully saturated rings. The molecular weight excluding hydrogens is 278 g/mol. The minimum Gasteiger partial charge on any atom is -0.379 e. The average molecular weight is 301 g/mol. The van der Waals surface area contributed by atoms with E-state index in [-0.39, 0.29) is 5.91 Å². The van der Waals surface area contributed by atoms with Crippen LogP contribution >= 0.6 is 0 Å². The third kappa shape index (κ3) is 3.31. The SMILES string of the molecule is Cc1ccc2cc(C(=O)N(C)CCN3CCOCC3)[nH]c2c1. The summed E-state index contributed by atoms with van der Waals surface area (Å²) in [4.78, 5) is 19.9. The quantitative estimate of drug-likeness (QED) is 0.938. The maximum absolute atomic E-state index is 12.5. The fraction of sp³-hybridized carbons (Fsp3) is 0.471. The van der Waals surface area contributed by atoms with Gasteiger partial charge in [-0.15, -0.1) is 0 Å². The topological polar surface area (TPSA) is 48.6 Å². The van der Waals surface area contributed by atoms with Crippen molar-refractivity contribution in [3.05, 3.63) is 35.5 Å². The van der Waals surface area contributed by atoms with Crippen LogP contribution in [0.15, 0.2) is 24.3 Å². The van der Waals surface area contributed by atoms with Crippen molar-refractivity contribution in [3.8, 4) is 0 Å². The number of hydrogen-bond acceptors (Lipinski definition) is 3. The fourth-order valence-corrected chi connectivity index (χ4v) is 2.78. The van der Waals surface area contributed by atoms with Crippen LogP contribution in [0.4, 0.5) is 0 Å². The van der Waals surface area contributed by atoms with Gasteiger partial charge in [0.1, 0.15) is 5.69 Å². The predicted octanol–water partition coefficient (Wildman–Crippen LogP) is 1.88. The summed E-state index contributed by atoms with van der Waals surface area (Å²) in [6.07, 6.45) is 0. The molecule has 2 aromatic rings.